The number of furan rings is 1. The Morgan fingerprint density at radius 3 is 2.58 bits per heavy atom. The van der Waals surface area contributed by atoms with Crippen molar-refractivity contribution in [2.75, 3.05) is 7.11 Å². The zero-order valence-electron chi connectivity index (χ0n) is 14.9. The molecule has 2 aromatic carbocycles. The lowest BCUT2D eigenvalue weighted by Gasteiger charge is -2.15. The summed E-state index contributed by atoms with van der Waals surface area (Å²) >= 11 is 3.63. The van der Waals surface area contributed by atoms with Gasteiger partial charge >= 0.3 is 0 Å². The Kier molecular flexibility index (Phi) is 6.36. The van der Waals surface area contributed by atoms with Crippen LogP contribution in [0.2, 0.25) is 0 Å². The maximum absolute atomic E-state index is 6.00. The molecule has 26 heavy (non-hydrogen) atoms. The van der Waals surface area contributed by atoms with E-state index in [0.717, 1.165) is 32.9 Å². The maximum Gasteiger partial charge on any atom is 0.162 e. The minimum atomic E-state index is 0.506. The molecule has 136 valence electrons. The van der Waals surface area contributed by atoms with Gasteiger partial charge in [0.15, 0.2) is 11.5 Å². The minimum Gasteiger partial charge on any atom is -0.493 e. The zero-order chi connectivity index (χ0) is 18.4. The van der Waals surface area contributed by atoms with Crippen molar-refractivity contribution in [2.24, 2.45) is 0 Å². The van der Waals surface area contributed by atoms with Crippen LogP contribution in [0.1, 0.15) is 22.5 Å². The lowest BCUT2D eigenvalue weighted by molar-refractivity contribution is 0.283. The van der Waals surface area contributed by atoms with Gasteiger partial charge in [-0.05, 0) is 47.9 Å². The van der Waals surface area contributed by atoms with Gasteiger partial charge in [0.2, 0.25) is 0 Å². The number of aryl methyl sites for hydroxylation is 1. The van der Waals surface area contributed by atoms with E-state index in [1.807, 2.05) is 36.4 Å². The normalized spacial score (nSPS) is 10.7. The van der Waals surface area contributed by atoms with E-state index in [1.165, 1.54) is 5.56 Å². The zero-order valence-corrected chi connectivity index (χ0v) is 16.5. The molecular formula is C21H22BrNO3. The highest BCUT2D eigenvalue weighted by Crippen LogP contribution is 2.34. The van der Waals surface area contributed by atoms with E-state index in [2.05, 4.69) is 40.3 Å². The largest absolute Gasteiger partial charge is 0.493 e. The highest BCUT2D eigenvalue weighted by Gasteiger charge is 2.11. The molecule has 0 unspecified atom stereocenters. The van der Waals surface area contributed by atoms with Gasteiger partial charge < -0.3 is 19.2 Å². The fourth-order valence-electron chi connectivity index (χ4n) is 2.65. The first-order valence-electron chi connectivity index (χ1n) is 8.44. The second kappa shape index (κ2) is 8.92. The Morgan fingerprint density at radius 1 is 1.00 bits per heavy atom. The highest BCUT2D eigenvalue weighted by atomic mass is 79.9. The standard InChI is InChI=1S/C21H22BrNO3/c1-15-6-3-4-7-16(15)14-26-21-11-19(22)17(10-20(21)24-2)12-23-13-18-8-5-9-25-18/h3-11,23H,12-14H2,1-2H3. The number of hydrogen-bond acceptors (Lipinski definition) is 4. The van der Waals surface area contributed by atoms with Crippen LogP contribution in [0.25, 0.3) is 0 Å². The fourth-order valence-corrected chi connectivity index (χ4v) is 3.11. The topological polar surface area (TPSA) is 43.6 Å². The third-order valence-electron chi connectivity index (χ3n) is 4.17. The number of methoxy groups -OCH3 is 1. The van der Waals surface area contributed by atoms with Crippen molar-refractivity contribution in [3.8, 4) is 11.5 Å². The second-order valence-corrected chi connectivity index (χ2v) is 6.85. The molecular weight excluding hydrogens is 394 g/mol. The average Bonchev–Trinajstić information content (AvgIpc) is 3.16. The van der Waals surface area contributed by atoms with Gasteiger partial charge in [-0.15, -0.1) is 0 Å². The Morgan fingerprint density at radius 2 is 1.85 bits per heavy atom. The Bertz CT molecular complexity index is 846. The van der Waals surface area contributed by atoms with Gasteiger partial charge in [0.1, 0.15) is 12.4 Å². The number of nitrogens with one attached hydrogen (secondary N) is 1. The van der Waals surface area contributed by atoms with Crippen LogP contribution >= 0.6 is 15.9 Å². The SMILES string of the molecule is COc1cc(CNCc2ccco2)c(Br)cc1OCc1ccccc1C. The molecule has 0 amide bonds. The van der Waals surface area contributed by atoms with Gasteiger partial charge in [0.25, 0.3) is 0 Å². The van der Waals surface area contributed by atoms with Crippen molar-refractivity contribution < 1.29 is 13.9 Å². The first-order valence-corrected chi connectivity index (χ1v) is 9.23. The van der Waals surface area contributed by atoms with E-state index in [9.17, 15) is 0 Å². The predicted octanol–water partition coefficient (Wildman–Crippen LogP) is 5.23. The van der Waals surface area contributed by atoms with E-state index in [1.54, 1.807) is 13.4 Å². The summed E-state index contributed by atoms with van der Waals surface area (Å²) < 4.78 is 17.8. The van der Waals surface area contributed by atoms with Gasteiger partial charge in [-0.25, -0.2) is 0 Å². The minimum absolute atomic E-state index is 0.506. The van der Waals surface area contributed by atoms with Crippen molar-refractivity contribution in [2.45, 2.75) is 26.6 Å². The van der Waals surface area contributed by atoms with Crippen molar-refractivity contribution in [1.29, 1.82) is 0 Å². The van der Waals surface area contributed by atoms with Crippen molar-refractivity contribution >= 4 is 15.9 Å². The van der Waals surface area contributed by atoms with Crippen LogP contribution in [0.3, 0.4) is 0 Å². The second-order valence-electron chi connectivity index (χ2n) is 5.99. The molecule has 0 spiro atoms. The fraction of sp³-hybridized carbons (Fsp3) is 0.238. The summed E-state index contributed by atoms with van der Waals surface area (Å²) in [5, 5.41) is 3.36. The third-order valence-corrected chi connectivity index (χ3v) is 4.91. The first kappa shape index (κ1) is 18.5. The smallest absolute Gasteiger partial charge is 0.162 e. The number of ether oxygens (including phenoxy) is 2. The van der Waals surface area contributed by atoms with Gasteiger partial charge in [-0.3, -0.25) is 0 Å². The molecule has 3 aromatic rings. The molecule has 0 bridgehead atoms. The van der Waals surface area contributed by atoms with Crippen LogP contribution in [0.4, 0.5) is 0 Å². The molecule has 0 aliphatic heterocycles. The van der Waals surface area contributed by atoms with Crippen molar-refractivity contribution in [1.82, 2.24) is 5.32 Å². The lowest BCUT2D eigenvalue weighted by Crippen LogP contribution is -2.12. The number of rotatable bonds is 8. The summed E-state index contributed by atoms with van der Waals surface area (Å²) in [5.41, 5.74) is 3.47. The lowest BCUT2D eigenvalue weighted by atomic mass is 10.1. The summed E-state index contributed by atoms with van der Waals surface area (Å²) in [6, 6.07) is 16.0. The molecule has 0 fully saturated rings. The molecule has 5 heteroatoms. The number of hydrogen-bond donors (Lipinski definition) is 1. The van der Waals surface area contributed by atoms with Crippen LogP contribution in [-0.4, -0.2) is 7.11 Å². The first-order chi connectivity index (χ1) is 12.7. The Hall–Kier alpha value is -2.24. The van der Waals surface area contributed by atoms with E-state index in [-0.39, 0.29) is 0 Å². The average molecular weight is 416 g/mol. The van der Waals surface area contributed by atoms with Gasteiger partial charge in [-0.2, -0.15) is 0 Å². The van der Waals surface area contributed by atoms with Gasteiger partial charge in [-0.1, -0.05) is 40.2 Å². The van der Waals surface area contributed by atoms with E-state index >= 15 is 0 Å². The van der Waals surface area contributed by atoms with Crippen LogP contribution < -0.4 is 14.8 Å². The van der Waals surface area contributed by atoms with Gasteiger partial charge in [0.05, 0.1) is 19.9 Å². The summed E-state index contributed by atoms with van der Waals surface area (Å²) in [6.45, 7) is 3.95. The van der Waals surface area contributed by atoms with E-state index in [0.29, 0.717) is 19.7 Å². The molecule has 1 N–H and O–H groups in total. The van der Waals surface area contributed by atoms with Crippen LogP contribution in [0.5, 0.6) is 11.5 Å². The third kappa shape index (κ3) is 4.68. The van der Waals surface area contributed by atoms with E-state index < -0.39 is 0 Å². The monoisotopic (exact) mass is 415 g/mol. The Labute approximate surface area is 162 Å². The van der Waals surface area contributed by atoms with Crippen molar-refractivity contribution in [3.05, 3.63) is 81.7 Å². The van der Waals surface area contributed by atoms with E-state index in [4.69, 9.17) is 13.9 Å². The summed E-state index contributed by atoms with van der Waals surface area (Å²) in [4.78, 5) is 0. The molecule has 4 nitrogen and oxygen atoms in total. The molecule has 0 aliphatic carbocycles. The molecule has 0 aliphatic rings. The highest BCUT2D eigenvalue weighted by molar-refractivity contribution is 9.10. The molecule has 0 radical (unpaired) electrons. The van der Waals surface area contributed by atoms with Crippen LogP contribution in [0, 0.1) is 6.92 Å². The Balaban J connectivity index is 1.67. The molecule has 1 aromatic heterocycles. The number of benzene rings is 2. The summed E-state index contributed by atoms with van der Waals surface area (Å²) in [6.07, 6.45) is 1.68. The van der Waals surface area contributed by atoms with Crippen LogP contribution in [-0.2, 0) is 19.7 Å². The van der Waals surface area contributed by atoms with Gasteiger partial charge in [0, 0.05) is 11.0 Å². The molecule has 0 atom stereocenters. The van der Waals surface area contributed by atoms with Crippen molar-refractivity contribution in [3.63, 3.8) is 0 Å². The molecule has 3 rings (SSSR count). The number of halogens is 1. The molecule has 0 saturated carbocycles. The molecule has 0 saturated heterocycles. The summed E-state index contributed by atoms with van der Waals surface area (Å²) in [5.74, 6) is 2.35. The predicted molar refractivity (Wildman–Crippen MR) is 105 cm³/mol. The summed E-state index contributed by atoms with van der Waals surface area (Å²) in [7, 11) is 1.66. The molecule has 1 heterocycles. The maximum atomic E-state index is 6.00. The van der Waals surface area contributed by atoms with Crippen LogP contribution in [0.15, 0.2) is 63.7 Å². The quantitative estimate of drug-likeness (QED) is 0.546.